The number of aromatic amines is 1. The maximum absolute atomic E-state index is 11.6. The van der Waals surface area contributed by atoms with Crippen molar-refractivity contribution in [3.8, 4) is 0 Å². The molecule has 0 unspecified atom stereocenters. The van der Waals surface area contributed by atoms with Gasteiger partial charge in [0.15, 0.2) is 6.61 Å². The lowest BCUT2D eigenvalue weighted by molar-refractivity contribution is -0.119. The molecular weight excluding hydrogens is 312 g/mol. The van der Waals surface area contributed by atoms with Crippen molar-refractivity contribution < 1.29 is 14.3 Å². The molecule has 0 aliphatic rings. The Morgan fingerprint density at radius 1 is 1.21 bits per heavy atom. The first-order valence-electron chi connectivity index (χ1n) is 5.51. The monoisotopic (exact) mass is 322 g/mol. The van der Waals surface area contributed by atoms with Gasteiger partial charge in [-0.3, -0.25) is 4.79 Å². The van der Waals surface area contributed by atoms with E-state index in [-0.39, 0.29) is 12.5 Å². The minimum atomic E-state index is -0.559. The molecule has 0 aliphatic heterocycles. The SMILES string of the molecule is O=C(COC(=O)c1ccc[nH]1)Nc1ccc(Br)cc1. The normalized spacial score (nSPS) is 9.95. The molecule has 0 aliphatic carbocycles. The summed E-state index contributed by atoms with van der Waals surface area (Å²) >= 11 is 3.30. The van der Waals surface area contributed by atoms with Gasteiger partial charge in [0.1, 0.15) is 5.69 Å². The molecule has 0 atom stereocenters. The van der Waals surface area contributed by atoms with E-state index in [9.17, 15) is 9.59 Å². The Hall–Kier alpha value is -2.08. The Balaban J connectivity index is 1.82. The quantitative estimate of drug-likeness (QED) is 0.850. The largest absolute Gasteiger partial charge is 0.451 e. The molecule has 2 rings (SSSR count). The second kappa shape index (κ2) is 6.19. The lowest BCUT2D eigenvalue weighted by atomic mass is 10.3. The Kier molecular flexibility index (Phi) is 4.35. The molecule has 98 valence electrons. The van der Waals surface area contributed by atoms with Gasteiger partial charge in [-0.1, -0.05) is 15.9 Å². The molecule has 2 N–H and O–H groups in total. The van der Waals surface area contributed by atoms with Crippen LogP contribution in [0, 0.1) is 0 Å². The average Bonchev–Trinajstić information content (AvgIpc) is 2.93. The highest BCUT2D eigenvalue weighted by molar-refractivity contribution is 9.10. The topological polar surface area (TPSA) is 71.2 Å². The number of aromatic nitrogens is 1. The molecule has 0 fully saturated rings. The fourth-order valence-corrected chi connectivity index (χ4v) is 1.66. The molecule has 2 aromatic rings. The van der Waals surface area contributed by atoms with Crippen LogP contribution in [0.1, 0.15) is 10.5 Å². The summed E-state index contributed by atoms with van der Waals surface area (Å²) in [7, 11) is 0. The van der Waals surface area contributed by atoms with Gasteiger partial charge in [-0.25, -0.2) is 4.79 Å². The summed E-state index contributed by atoms with van der Waals surface area (Å²) < 4.78 is 5.77. The number of carbonyl (C=O) groups excluding carboxylic acids is 2. The van der Waals surface area contributed by atoms with Crippen LogP contribution in [0.15, 0.2) is 47.1 Å². The minimum Gasteiger partial charge on any atom is -0.451 e. The second-order valence-electron chi connectivity index (χ2n) is 3.71. The first-order valence-corrected chi connectivity index (χ1v) is 6.30. The Morgan fingerprint density at radius 2 is 1.95 bits per heavy atom. The van der Waals surface area contributed by atoms with E-state index in [2.05, 4.69) is 26.2 Å². The summed E-state index contributed by atoms with van der Waals surface area (Å²) in [5.41, 5.74) is 0.959. The lowest BCUT2D eigenvalue weighted by Gasteiger charge is -2.06. The van der Waals surface area contributed by atoms with Crippen molar-refractivity contribution in [2.24, 2.45) is 0 Å². The standard InChI is InChI=1S/C13H11BrN2O3/c14-9-3-5-10(6-4-9)16-12(17)8-19-13(18)11-2-1-7-15-11/h1-7,15H,8H2,(H,16,17). The highest BCUT2D eigenvalue weighted by Gasteiger charge is 2.10. The second-order valence-corrected chi connectivity index (χ2v) is 4.63. The van der Waals surface area contributed by atoms with Crippen molar-refractivity contribution in [1.82, 2.24) is 4.98 Å². The van der Waals surface area contributed by atoms with Gasteiger partial charge in [-0.2, -0.15) is 0 Å². The number of hydrogen-bond acceptors (Lipinski definition) is 3. The van der Waals surface area contributed by atoms with Gasteiger partial charge in [0.2, 0.25) is 0 Å². The van der Waals surface area contributed by atoms with Crippen molar-refractivity contribution in [1.29, 1.82) is 0 Å². The van der Waals surface area contributed by atoms with E-state index < -0.39 is 5.97 Å². The van der Waals surface area contributed by atoms with Crippen molar-refractivity contribution in [3.05, 3.63) is 52.8 Å². The van der Waals surface area contributed by atoms with E-state index in [4.69, 9.17) is 4.74 Å². The highest BCUT2D eigenvalue weighted by atomic mass is 79.9. The van der Waals surface area contributed by atoms with Crippen LogP contribution in [0.2, 0.25) is 0 Å². The third-order valence-corrected chi connectivity index (χ3v) is 2.81. The third-order valence-electron chi connectivity index (χ3n) is 2.28. The molecule has 0 spiro atoms. The number of halogens is 1. The van der Waals surface area contributed by atoms with E-state index >= 15 is 0 Å². The number of carbonyl (C=O) groups is 2. The van der Waals surface area contributed by atoms with Gasteiger partial charge < -0.3 is 15.0 Å². The molecule has 0 bridgehead atoms. The molecule has 5 nitrogen and oxygen atoms in total. The number of ether oxygens (including phenoxy) is 1. The van der Waals surface area contributed by atoms with E-state index in [1.54, 1.807) is 42.6 Å². The Morgan fingerprint density at radius 3 is 2.58 bits per heavy atom. The number of H-pyrrole nitrogens is 1. The maximum atomic E-state index is 11.6. The predicted molar refractivity (Wildman–Crippen MR) is 73.8 cm³/mol. The first-order chi connectivity index (χ1) is 9.15. The van der Waals surface area contributed by atoms with Gasteiger partial charge in [-0.15, -0.1) is 0 Å². The van der Waals surface area contributed by atoms with Crippen LogP contribution >= 0.6 is 15.9 Å². The van der Waals surface area contributed by atoms with Gasteiger partial charge in [0, 0.05) is 16.4 Å². The molecule has 0 saturated carbocycles. The third kappa shape index (κ3) is 3.96. The molecule has 1 aromatic carbocycles. The lowest BCUT2D eigenvalue weighted by Crippen LogP contribution is -2.21. The van der Waals surface area contributed by atoms with Gasteiger partial charge in [0.05, 0.1) is 0 Å². The minimum absolute atomic E-state index is 0.316. The van der Waals surface area contributed by atoms with E-state index in [0.717, 1.165) is 4.47 Å². The van der Waals surface area contributed by atoms with Crippen molar-refractivity contribution in [2.45, 2.75) is 0 Å². The molecule has 1 amide bonds. The van der Waals surface area contributed by atoms with Crippen molar-refractivity contribution >= 4 is 33.5 Å². The van der Waals surface area contributed by atoms with E-state index in [1.165, 1.54) is 0 Å². The fraction of sp³-hybridized carbons (Fsp3) is 0.0769. The molecule has 0 radical (unpaired) electrons. The maximum Gasteiger partial charge on any atom is 0.355 e. The van der Waals surface area contributed by atoms with E-state index in [0.29, 0.717) is 11.4 Å². The van der Waals surface area contributed by atoms with Crippen LogP contribution in [-0.4, -0.2) is 23.5 Å². The summed E-state index contributed by atoms with van der Waals surface area (Å²) in [5.74, 6) is -0.946. The Bertz CT molecular complexity index is 564. The van der Waals surface area contributed by atoms with Gasteiger partial charge in [0.25, 0.3) is 5.91 Å². The number of amides is 1. The average molecular weight is 323 g/mol. The fourth-order valence-electron chi connectivity index (χ4n) is 1.40. The van der Waals surface area contributed by atoms with Crippen LogP contribution in [-0.2, 0) is 9.53 Å². The predicted octanol–water partition coefficient (Wildman–Crippen LogP) is 2.57. The van der Waals surface area contributed by atoms with Crippen LogP contribution in [0.5, 0.6) is 0 Å². The number of benzene rings is 1. The molecule has 0 saturated heterocycles. The zero-order valence-corrected chi connectivity index (χ0v) is 11.4. The number of esters is 1. The smallest absolute Gasteiger partial charge is 0.355 e. The number of rotatable bonds is 4. The van der Waals surface area contributed by atoms with Crippen molar-refractivity contribution in [3.63, 3.8) is 0 Å². The number of anilines is 1. The molecule has 1 aromatic heterocycles. The van der Waals surface area contributed by atoms with Crippen LogP contribution in [0.25, 0.3) is 0 Å². The van der Waals surface area contributed by atoms with E-state index in [1.807, 2.05) is 0 Å². The summed E-state index contributed by atoms with van der Waals surface area (Å²) in [5, 5.41) is 2.62. The molecular formula is C13H11BrN2O3. The Labute approximate surface area is 118 Å². The number of hydrogen-bond donors (Lipinski definition) is 2. The zero-order chi connectivity index (χ0) is 13.7. The molecule has 19 heavy (non-hydrogen) atoms. The number of nitrogens with one attached hydrogen (secondary N) is 2. The molecule has 1 heterocycles. The first kappa shape index (κ1) is 13.4. The summed E-state index contributed by atoms with van der Waals surface area (Å²) in [6, 6.07) is 10.4. The van der Waals surface area contributed by atoms with Crippen LogP contribution in [0.4, 0.5) is 5.69 Å². The van der Waals surface area contributed by atoms with Gasteiger partial charge in [-0.05, 0) is 36.4 Å². The van der Waals surface area contributed by atoms with Gasteiger partial charge >= 0.3 is 5.97 Å². The van der Waals surface area contributed by atoms with Crippen LogP contribution in [0.3, 0.4) is 0 Å². The zero-order valence-electron chi connectivity index (χ0n) is 9.85. The summed E-state index contributed by atoms with van der Waals surface area (Å²) in [6.07, 6.45) is 1.61. The highest BCUT2D eigenvalue weighted by Crippen LogP contribution is 2.13. The van der Waals surface area contributed by atoms with Crippen LogP contribution < -0.4 is 5.32 Å². The summed E-state index contributed by atoms with van der Waals surface area (Å²) in [6.45, 7) is -0.325. The molecule has 6 heteroatoms. The summed E-state index contributed by atoms with van der Waals surface area (Å²) in [4.78, 5) is 25.7. The van der Waals surface area contributed by atoms with Crippen molar-refractivity contribution in [2.75, 3.05) is 11.9 Å².